The highest BCUT2D eigenvalue weighted by atomic mass is 16.5. The molecule has 0 unspecified atom stereocenters. The SMILES string of the molecule is COc1ccc(N(c2ccc(C)cc2)c2ccc(-c3ccc(N(c4ccc(-c5ccc(N(c6ccc(-c7ccc(N(c8ccc(OC)cc8)c8ccc(OC)cc8)cc7)cc6)c6ccc(C(C)(C)C)cc6)cc5)cc4)c4ccc(C(C)(C)C)cc4)cc3)cc2)cc1. The third-order valence-electron chi connectivity index (χ3n) is 17.0. The van der Waals surface area contributed by atoms with E-state index in [9.17, 15) is 0 Å². The zero-order valence-corrected chi connectivity index (χ0v) is 53.7. The molecule has 0 fully saturated rings. The monoisotopic (exact) mass is 1190 g/mol. The van der Waals surface area contributed by atoms with Crippen LogP contribution in [0.3, 0.4) is 0 Å². The highest BCUT2D eigenvalue weighted by Crippen LogP contribution is 2.43. The molecular formula is C84H78N4O3. The van der Waals surface area contributed by atoms with Crippen LogP contribution in [0.25, 0.3) is 33.4 Å². The van der Waals surface area contributed by atoms with E-state index in [2.05, 4.69) is 323 Å². The molecule has 12 aromatic carbocycles. The van der Waals surface area contributed by atoms with Crippen molar-refractivity contribution in [2.45, 2.75) is 59.3 Å². The molecule has 0 heterocycles. The van der Waals surface area contributed by atoms with E-state index >= 15 is 0 Å². The van der Waals surface area contributed by atoms with Crippen molar-refractivity contribution in [2.75, 3.05) is 40.9 Å². The largest absolute Gasteiger partial charge is 0.497 e. The number of hydrogen-bond donors (Lipinski definition) is 0. The van der Waals surface area contributed by atoms with Crippen molar-refractivity contribution in [3.63, 3.8) is 0 Å². The first-order valence-electron chi connectivity index (χ1n) is 31.1. The molecule has 452 valence electrons. The average Bonchev–Trinajstić information content (AvgIpc) is 1.57. The molecule has 0 aromatic heterocycles. The summed E-state index contributed by atoms with van der Waals surface area (Å²) in [5, 5.41) is 0. The first kappa shape index (κ1) is 60.5. The zero-order chi connectivity index (χ0) is 63.2. The predicted octanol–water partition coefficient (Wildman–Crippen LogP) is 23.5. The molecule has 0 amide bonds. The smallest absolute Gasteiger partial charge is 0.119 e. The molecule has 7 nitrogen and oxygen atoms in total. The van der Waals surface area contributed by atoms with E-state index in [-0.39, 0.29) is 10.8 Å². The van der Waals surface area contributed by atoms with Gasteiger partial charge in [-0.2, -0.15) is 0 Å². The number of nitrogens with zero attached hydrogens (tertiary/aromatic N) is 4. The molecule has 0 aliphatic rings. The minimum atomic E-state index is 0.0246. The van der Waals surface area contributed by atoms with E-state index in [0.717, 1.165) is 119 Å². The highest BCUT2D eigenvalue weighted by Gasteiger charge is 2.21. The van der Waals surface area contributed by atoms with Crippen LogP contribution in [0, 0.1) is 6.92 Å². The fourth-order valence-corrected chi connectivity index (χ4v) is 11.7. The summed E-state index contributed by atoms with van der Waals surface area (Å²) in [5.41, 5.74) is 23.5. The van der Waals surface area contributed by atoms with Crippen molar-refractivity contribution in [2.24, 2.45) is 0 Å². The lowest BCUT2D eigenvalue weighted by atomic mass is 9.87. The summed E-state index contributed by atoms with van der Waals surface area (Å²) in [6.07, 6.45) is 0. The van der Waals surface area contributed by atoms with Crippen LogP contribution in [-0.2, 0) is 10.8 Å². The molecule has 0 atom stereocenters. The van der Waals surface area contributed by atoms with E-state index in [1.54, 1.807) is 21.3 Å². The van der Waals surface area contributed by atoms with Crippen LogP contribution in [-0.4, -0.2) is 21.3 Å². The lowest BCUT2D eigenvalue weighted by Gasteiger charge is -2.28. The molecule has 0 saturated heterocycles. The van der Waals surface area contributed by atoms with Crippen molar-refractivity contribution in [3.8, 4) is 50.6 Å². The number of methoxy groups -OCH3 is 3. The summed E-state index contributed by atoms with van der Waals surface area (Å²) in [5.74, 6) is 2.45. The van der Waals surface area contributed by atoms with Crippen LogP contribution in [0.4, 0.5) is 68.2 Å². The van der Waals surface area contributed by atoms with Gasteiger partial charge in [0.2, 0.25) is 0 Å². The summed E-state index contributed by atoms with van der Waals surface area (Å²) in [7, 11) is 5.08. The molecule has 7 heteroatoms. The van der Waals surface area contributed by atoms with Gasteiger partial charge in [-0.3, -0.25) is 0 Å². The minimum absolute atomic E-state index is 0.0246. The van der Waals surface area contributed by atoms with Gasteiger partial charge in [-0.1, -0.05) is 156 Å². The Kier molecular flexibility index (Phi) is 17.4. The highest BCUT2D eigenvalue weighted by molar-refractivity contribution is 5.85. The van der Waals surface area contributed by atoms with Crippen LogP contribution < -0.4 is 33.8 Å². The molecule has 12 rings (SSSR count). The maximum atomic E-state index is 5.50. The lowest BCUT2D eigenvalue weighted by molar-refractivity contribution is 0.414. The molecule has 0 aliphatic heterocycles. The van der Waals surface area contributed by atoms with Crippen molar-refractivity contribution >= 4 is 68.2 Å². The van der Waals surface area contributed by atoms with Gasteiger partial charge in [-0.05, 0) is 244 Å². The number of rotatable bonds is 18. The van der Waals surface area contributed by atoms with Gasteiger partial charge in [0.1, 0.15) is 17.2 Å². The summed E-state index contributed by atoms with van der Waals surface area (Å²) < 4.78 is 16.5. The van der Waals surface area contributed by atoms with Gasteiger partial charge in [-0.25, -0.2) is 0 Å². The van der Waals surface area contributed by atoms with Crippen LogP contribution in [0.5, 0.6) is 17.2 Å². The number of hydrogen-bond acceptors (Lipinski definition) is 7. The molecule has 0 radical (unpaired) electrons. The molecule has 0 bridgehead atoms. The molecule has 0 saturated carbocycles. The Morgan fingerprint density at radius 2 is 0.341 bits per heavy atom. The van der Waals surface area contributed by atoms with Gasteiger partial charge >= 0.3 is 0 Å². The number of aryl methyl sites for hydroxylation is 1. The summed E-state index contributed by atoms with van der Waals surface area (Å²) in [6.45, 7) is 15.7. The Labute approximate surface area is 538 Å². The Bertz CT molecular complexity index is 4280. The van der Waals surface area contributed by atoms with E-state index < -0.39 is 0 Å². The van der Waals surface area contributed by atoms with Gasteiger partial charge in [0.25, 0.3) is 0 Å². The number of benzene rings is 12. The molecule has 12 aromatic rings. The van der Waals surface area contributed by atoms with Crippen LogP contribution in [0.15, 0.2) is 291 Å². The summed E-state index contributed by atoms with van der Waals surface area (Å²) in [4.78, 5) is 9.22. The second kappa shape index (κ2) is 26.1. The summed E-state index contributed by atoms with van der Waals surface area (Å²) >= 11 is 0. The average molecular weight is 1190 g/mol. The maximum absolute atomic E-state index is 5.50. The van der Waals surface area contributed by atoms with Crippen LogP contribution in [0.1, 0.15) is 58.2 Å². The quantitative estimate of drug-likeness (QED) is 0.0848. The van der Waals surface area contributed by atoms with Crippen molar-refractivity contribution in [3.05, 3.63) is 308 Å². The topological polar surface area (TPSA) is 40.7 Å². The number of anilines is 12. The van der Waals surface area contributed by atoms with E-state index in [4.69, 9.17) is 14.2 Å². The van der Waals surface area contributed by atoms with E-state index in [0.29, 0.717) is 0 Å². The van der Waals surface area contributed by atoms with Gasteiger partial charge in [-0.15, -0.1) is 0 Å². The zero-order valence-electron chi connectivity index (χ0n) is 53.7. The molecule has 0 N–H and O–H groups in total. The Hall–Kier alpha value is -10.8. The Balaban J connectivity index is 0.809. The third-order valence-corrected chi connectivity index (χ3v) is 17.0. The van der Waals surface area contributed by atoms with Gasteiger partial charge in [0.05, 0.1) is 21.3 Å². The van der Waals surface area contributed by atoms with Gasteiger partial charge in [0, 0.05) is 68.2 Å². The minimum Gasteiger partial charge on any atom is -0.497 e. The van der Waals surface area contributed by atoms with Gasteiger partial charge in [0.15, 0.2) is 0 Å². The third kappa shape index (κ3) is 13.5. The molecular weight excluding hydrogens is 1110 g/mol. The molecule has 0 spiro atoms. The number of ether oxygens (including phenoxy) is 3. The normalized spacial score (nSPS) is 11.4. The Morgan fingerprint density at radius 3 is 0.495 bits per heavy atom. The first-order chi connectivity index (χ1) is 44.1. The predicted molar refractivity (Wildman–Crippen MR) is 383 cm³/mol. The molecule has 0 aliphatic carbocycles. The van der Waals surface area contributed by atoms with Crippen molar-refractivity contribution in [1.82, 2.24) is 0 Å². The van der Waals surface area contributed by atoms with Crippen molar-refractivity contribution in [1.29, 1.82) is 0 Å². The second-order valence-electron chi connectivity index (χ2n) is 25.1. The maximum Gasteiger partial charge on any atom is 0.119 e. The van der Waals surface area contributed by atoms with E-state index in [1.807, 2.05) is 36.4 Å². The first-order valence-corrected chi connectivity index (χ1v) is 31.1. The van der Waals surface area contributed by atoms with Gasteiger partial charge < -0.3 is 33.8 Å². The van der Waals surface area contributed by atoms with E-state index in [1.165, 1.54) is 16.7 Å². The van der Waals surface area contributed by atoms with Crippen molar-refractivity contribution < 1.29 is 14.2 Å². The van der Waals surface area contributed by atoms with Crippen LogP contribution in [0.2, 0.25) is 0 Å². The fourth-order valence-electron chi connectivity index (χ4n) is 11.7. The Morgan fingerprint density at radius 1 is 0.198 bits per heavy atom. The standard InChI is InChI=1S/C84H78N4O3/c1-59-11-29-68(30-12-59)85(77-47-53-80(89-8)54-48-77)69-31-13-60(14-32-69)61-15-33-70(34-16-61)86(75-43-25-66(26-44-75)83(2,3)4)71-35-17-62(18-36-71)63-19-37-72(38-20-63)87(76-45-27-67(28-46-76)84(5,6)7)73-39-21-64(22-40-73)65-23-41-74(42-24-65)88(78-49-55-81(90-9)56-50-78)79-51-57-82(91-10)58-52-79/h11-58H,1-10H3. The summed E-state index contributed by atoms with van der Waals surface area (Å²) in [6, 6.07) is 105. The molecule has 91 heavy (non-hydrogen) atoms. The second-order valence-corrected chi connectivity index (χ2v) is 25.1. The fraction of sp³-hybridized carbons (Fsp3) is 0.143. The lowest BCUT2D eigenvalue weighted by Crippen LogP contribution is -2.13. The van der Waals surface area contributed by atoms with Crippen LogP contribution >= 0.6 is 0 Å².